The minimum atomic E-state index is -0.0302. The van der Waals surface area contributed by atoms with Gasteiger partial charge in [-0.2, -0.15) is 5.26 Å². The van der Waals surface area contributed by atoms with Crippen molar-refractivity contribution in [3.05, 3.63) is 47.5 Å². The molecule has 1 N–H and O–H groups in total. The number of hydrogen-bond donors (Lipinski definition) is 1. The number of rotatable bonds is 8. The van der Waals surface area contributed by atoms with Crippen LogP contribution in [-0.4, -0.2) is 32.7 Å². The molecule has 6 heteroatoms. The molecule has 0 aromatic heterocycles. The van der Waals surface area contributed by atoms with Crippen LogP contribution in [0.1, 0.15) is 36.8 Å². The fourth-order valence-corrected chi connectivity index (χ4v) is 3.44. The van der Waals surface area contributed by atoms with Crippen molar-refractivity contribution in [2.45, 2.75) is 32.6 Å². The van der Waals surface area contributed by atoms with Crippen molar-refractivity contribution < 1.29 is 14.3 Å². The van der Waals surface area contributed by atoms with E-state index in [-0.39, 0.29) is 5.91 Å². The Morgan fingerprint density at radius 3 is 2.66 bits per heavy atom. The summed E-state index contributed by atoms with van der Waals surface area (Å²) in [5, 5.41) is 11.9. The van der Waals surface area contributed by atoms with Gasteiger partial charge in [-0.05, 0) is 62.1 Å². The van der Waals surface area contributed by atoms with Gasteiger partial charge < -0.3 is 19.7 Å². The molecule has 1 aliphatic heterocycles. The molecule has 29 heavy (non-hydrogen) atoms. The lowest BCUT2D eigenvalue weighted by Gasteiger charge is -2.19. The van der Waals surface area contributed by atoms with Crippen molar-refractivity contribution in [2.75, 3.05) is 37.0 Å². The number of aryl methyl sites for hydroxylation is 1. The third kappa shape index (κ3) is 5.41. The highest BCUT2D eigenvalue weighted by Crippen LogP contribution is 2.28. The second-order valence-corrected chi connectivity index (χ2v) is 7.17. The van der Waals surface area contributed by atoms with Crippen molar-refractivity contribution >= 4 is 17.3 Å². The number of anilines is 2. The van der Waals surface area contributed by atoms with Crippen LogP contribution in [0.5, 0.6) is 11.5 Å². The second-order valence-electron chi connectivity index (χ2n) is 7.17. The van der Waals surface area contributed by atoms with Crippen molar-refractivity contribution in [2.24, 2.45) is 0 Å². The highest BCUT2D eigenvalue weighted by molar-refractivity contribution is 5.91. The van der Waals surface area contributed by atoms with Crippen LogP contribution >= 0.6 is 0 Å². The Balaban J connectivity index is 1.46. The number of carbonyl (C=O) groups excluding carboxylic acids is 1. The van der Waals surface area contributed by atoms with Crippen LogP contribution in [0.15, 0.2) is 36.4 Å². The number of ether oxygens (including phenoxy) is 2. The van der Waals surface area contributed by atoms with E-state index in [0.29, 0.717) is 36.5 Å². The van der Waals surface area contributed by atoms with Gasteiger partial charge in [-0.15, -0.1) is 0 Å². The first-order chi connectivity index (χ1) is 14.1. The van der Waals surface area contributed by atoms with Gasteiger partial charge in [-0.3, -0.25) is 4.79 Å². The van der Waals surface area contributed by atoms with Crippen LogP contribution in [0.3, 0.4) is 0 Å². The molecule has 6 nitrogen and oxygen atoms in total. The summed E-state index contributed by atoms with van der Waals surface area (Å²) in [5.41, 5.74) is 3.66. The fraction of sp³-hybridized carbons (Fsp3) is 0.391. The normalized spacial score (nSPS) is 13.1. The topological polar surface area (TPSA) is 74.6 Å². The van der Waals surface area contributed by atoms with E-state index in [2.05, 4.69) is 28.4 Å². The third-order valence-corrected chi connectivity index (χ3v) is 5.05. The standard InChI is InChI=1S/C23H27N3O3/c1-17-14-19(26-11-3-4-12-26)8-9-20(17)25-23(27)6-5-13-29-21-10-7-18(16-24)15-22(21)28-2/h7-10,14-15H,3-6,11-13H2,1-2H3,(H,25,27). The van der Waals surface area contributed by atoms with Crippen LogP contribution < -0.4 is 19.7 Å². The summed E-state index contributed by atoms with van der Waals surface area (Å²) in [7, 11) is 1.54. The van der Waals surface area contributed by atoms with Gasteiger partial charge in [0.15, 0.2) is 11.5 Å². The van der Waals surface area contributed by atoms with Crippen LogP contribution in [0, 0.1) is 18.3 Å². The van der Waals surface area contributed by atoms with Crippen LogP contribution in [-0.2, 0) is 4.79 Å². The zero-order valence-electron chi connectivity index (χ0n) is 17.0. The smallest absolute Gasteiger partial charge is 0.224 e. The predicted octanol–water partition coefficient (Wildman–Crippen LogP) is 4.27. The third-order valence-electron chi connectivity index (χ3n) is 5.05. The average Bonchev–Trinajstić information content (AvgIpc) is 3.27. The number of nitriles is 1. The molecule has 0 bridgehead atoms. The Labute approximate surface area is 172 Å². The Morgan fingerprint density at radius 2 is 1.97 bits per heavy atom. The summed E-state index contributed by atoms with van der Waals surface area (Å²) in [4.78, 5) is 14.7. The lowest BCUT2D eigenvalue weighted by atomic mass is 10.1. The van der Waals surface area contributed by atoms with E-state index in [9.17, 15) is 4.79 Å². The maximum absolute atomic E-state index is 12.3. The van der Waals surface area contributed by atoms with Gasteiger partial charge in [0.25, 0.3) is 0 Å². The number of methoxy groups -OCH3 is 1. The number of carbonyl (C=O) groups is 1. The van der Waals surface area contributed by atoms with E-state index in [1.165, 1.54) is 25.6 Å². The molecule has 2 aromatic carbocycles. The summed E-state index contributed by atoms with van der Waals surface area (Å²) in [6.07, 6.45) is 3.44. The first-order valence-corrected chi connectivity index (χ1v) is 9.97. The quantitative estimate of drug-likeness (QED) is 0.678. The van der Waals surface area contributed by atoms with Crippen LogP contribution in [0.2, 0.25) is 0 Å². The number of nitrogens with zero attached hydrogens (tertiary/aromatic N) is 2. The van der Waals surface area contributed by atoms with E-state index < -0.39 is 0 Å². The second kappa shape index (κ2) is 9.83. The molecular weight excluding hydrogens is 366 g/mol. The Bertz CT molecular complexity index is 899. The van der Waals surface area contributed by atoms with E-state index in [1.54, 1.807) is 18.2 Å². The maximum Gasteiger partial charge on any atom is 0.224 e. The molecule has 0 spiro atoms. The Morgan fingerprint density at radius 1 is 1.17 bits per heavy atom. The molecule has 2 aromatic rings. The minimum Gasteiger partial charge on any atom is -0.493 e. The van der Waals surface area contributed by atoms with Crippen molar-refractivity contribution in [3.63, 3.8) is 0 Å². The molecule has 0 radical (unpaired) electrons. The molecule has 0 unspecified atom stereocenters. The predicted molar refractivity (Wildman–Crippen MR) is 114 cm³/mol. The highest BCUT2D eigenvalue weighted by atomic mass is 16.5. The number of hydrogen-bond acceptors (Lipinski definition) is 5. The summed E-state index contributed by atoms with van der Waals surface area (Å²) in [6.45, 7) is 4.63. The number of nitrogens with one attached hydrogen (secondary N) is 1. The highest BCUT2D eigenvalue weighted by Gasteiger charge is 2.14. The van der Waals surface area contributed by atoms with Crippen molar-refractivity contribution in [3.8, 4) is 17.6 Å². The van der Waals surface area contributed by atoms with Crippen LogP contribution in [0.25, 0.3) is 0 Å². The van der Waals surface area contributed by atoms with Crippen molar-refractivity contribution in [1.82, 2.24) is 0 Å². The minimum absolute atomic E-state index is 0.0302. The van der Waals surface area contributed by atoms with Gasteiger partial charge in [0.1, 0.15) is 0 Å². The molecule has 152 valence electrons. The SMILES string of the molecule is COc1cc(C#N)ccc1OCCCC(=O)Nc1ccc(N2CCCC2)cc1C. The maximum atomic E-state index is 12.3. The van der Waals surface area contributed by atoms with Crippen LogP contribution in [0.4, 0.5) is 11.4 Å². The average molecular weight is 393 g/mol. The Kier molecular flexibility index (Phi) is 6.96. The molecule has 0 saturated carbocycles. The van der Waals surface area contributed by atoms with E-state index in [1.807, 2.05) is 13.0 Å². The van der Waals surface area contributed by atoms with E-state index in [4.69, 9.17) is 14.7 Å². The summed E-state index contributed by atoms with van der Waals surface area (Å²) in [5.74, 6) is 1.06. The monoisotopic (exact) mass is 393 g/mol. The van der Waals surface area contributed by atoms with Gasteiger partial charge in [0.2, 0.25) is 5.91 Å². The largest absolute Gasteiger partial charge is 0.493 e. The van der Waals surface area contributed by atoms with Gasteiger partial charge in [-0.25, -0.2) is 0 Å². The molecular formula is C23H27N3O3. The lowest BCUT2D eigenvalue weighted by Crippen LogP contribution is -2.18. The lowest BCUT2D eigenvalue weighted by molar-refractivity contribution is -0.116. The fourth-order valence-electron chi connectivity index (χ4n) is 3.44. The molecule has 0 aliphatic carbocycles. The zero-order valence-corrected chi connectivity index (χ0v) is 17.0. The molecule has 0 atom stereocenters. The molecule has 1 aliphatic rings. The van der Waals surface area contributed by atoms with Gasteiger partial charge in [-0.1, -0.05) is 0 Å². The molecule has 1 heterocycles. The van der Waals surface area contributed by atoms with E-state index >= 15 is 0 Å². The molecule has 1 amide bonds. The van der Waals surface area contributed by atoms with Gasteiger partial charge in [0, 0.05) is 37.0 Å². The zero-order chi connectivity index (χ0) is 20.6. The summed E-state index contributed by atoms with van der Waals surface area (Å²) < 4.78 is 11.0. The Hall–Kier alpha value is -3.20. The molecule has 3 rings (SSSR count). The first-order valence-electron chi connectivity index (χ1n) is 9.97. The summed E-state index contributed by atoms with van der Waals surface area (Å²) in [6, 6.07) is 13.3. The first kappa shape index (κ1) is 20.5. The number of amides is 1. The van der Waals surface area contributed by atoms with Crippen molar-refractivity contribution in [1.29, 1.82) is 5.26 Å². The van der Waals surface area contributed by atoms with Gasteiger partial charge in [0.05, 0.1) is 25.3 Å². The van der Waals surface area contributed by atoms with Gasteiger partial charge >= 0.3 is 0 Å². The van der Waals surface area contributed by atoms with E-state index in [0.717, 1.165) is 24.3 Å². The molecule has 1 fully saturated rings. The number of benzene rings is 2. The molecule has 1 saturated heterocycles. The summed E-state index contributed by atoms with van der Waals surface area (Å²) >= 11 is 0.